The Balaban J connectivity index is 1.41. The molecule has 3 aromatic carbocycles. The van der Waals surface area contributed by atoms with E-state index in [-0.39, 0.29) is 12.2 Å². The number of halogens is 2. The normalized spacial score (nSPS) is 10.8. The summed E-state index contributed by atoms with van der Waals surface area (Å²) < 4.78 is 54.5. The first-order chi connectivity index (χ1) is 17.0. The Morgan fingerprint density at radius 2 is 1.66 bits per heavy atom. The topological polar surface area (TPSA) is 75.8 Å². The zero-order valence-corrected chi connectivity index (χ0v) is 20.0. The smallest absolute Gasteiger partial charge is 0.277 e. The van der Waals surface area contributed by atoms with Crippen LogP contribution in [0.25, 0.3) is 11.5 Å². The molecule has 35 heavy (non-hydrogen) atoms. The van der Waals surface area contributed by atoms with Crippen LogP contribution in [0.1, 0.15) is 11.1 Å². The van der Waals surface area contributed by atoms with Gasteiger partial charge in [0.1, 0.15) is 24.0 Å². The zero-order valence-electron chi connectivity index (χ0n) is 19.2. The Hall–Kier alpha value is -3.79. The largest absolute Gasteiger partial charge is 0.493 e. The third-order valence-corrected chi connectivity index (χ3v) is 5.88. The summed E-state index contributed by atoms with van der Waals surface area (Å²) >= 11 is 1.36. The predicted molar refractivity (Wildman–Crippen MR) is 126 cm³/mol. The van der Waals surface area contributed by atoms with Gasteiger partial charge in [0.15, 0.2) is 11.5 Å². The van der Waals surface area contributed by atoms with Crippen molar-refractivity contribution in [1.82, 2.24) is 10.2 Å². The van der Waals surface area contributed by atoms with Gasteiger partial charge in [0, 0.05) is 22.9 Å². The Kier molecular flexibility index (Phi) is 7.71. The van der Waals surface area contributed by atoms with E-state index in [1.165, 1.54) is 45.2 Å². The van der Waals surface area contributed by atoms with E-state index in [4.69, 9.17) is 23.4 Å². The van der Waals surface area contributed by atoms with E-state index in [1.807, 2.05) is 18.2 Å². The lowest BCUT2D eigenvalue weighted by molar-refractivity contribution is 0.299. The number of nitrogens with zero attached hydrogens (tertiary/aromatic N) is 2. The van der Waals surface area contributed by atoms with E-state index >= 15 is 0 Å². The van der Waals surface area contributed by atoms with Crippen LogP contribution in [0.3, 0.4) is 0 Å². The van der Waals surface area contributed by atoms with Gasteiger partial charge in [-0.15, -0.1) is 10.2 Å². The number of thioether (sulfide) groups is 1. The van der Waals surface area contributed by atoms with E-state index in [9.17, 15) is 8.78 Å². The van der Waals surface area contributed by atoms with Crippen LogP contribution < -0.4 is 18.9 Å². The molecule has 0 saturated heterocycles. The van der Waals surface area contributed by atoms with Crippen molar-refractivity contribution in [3.63, 3.8) is 0 Å². The minimum atomic E-state index is -0.643. The van der Waals surface area contributed by atoms with Crippen LogP contribution in [0.2, 0.25) is 0 Å². The number of methoxy groups -OCH3 is 3. The number of ether oxygens (including phenoxy) is 4. The highest BCUT2D eigenvalue weighted by molar-refractivity contribution is 7.98. The fourth-order valence-corrected chi connectivity index (χ4v) is 3.97. The molecule has 7 nitrogen and oxygen atoms in total. The van der Waals surface area contributed by atoms with Gasteiger partial charge in [0.2, 0.25) is 11.6 Å². The van der Waals surface area contributed by atoms with Gasteiger partial charge in [-0.3, -0.25) is 0 Å². The van der Waals surface area contributed by atoms with Gasteiger partial charge in [-0.25, -0.2) is 8.78 Å². The number of aromatic nitrogens is 2. The van der Waals surface area contributed by atoms with Gasteiger partial charge in [0.25, 0.3) is 5.22 Å². The molecule has 0 aliphatic rings. The minimum Gasteiger partial charge on any atom is -0.493 e. The first-order valence-electron chi connectivity index (χ1n) is 10.4. The Bertz CT molecular complexity index is 1290. The molecule has 0 aliphatic carbocycles. The lowest BCUT2D eigenvalue weighted by Crippen LogP contribution is -1.99. The van der Waals surface area contributed by atoms with Crippen LogP contribution in [-0.4, -0.2) is 31.5 Å². The predicted octanol–water partition coefficient (Wildman–Crippen LogP) is 5.91. The van der Waals surface area contributed by atoms with Gasteiger partial charge in [-0.1, -0.05) is 23.9 Å². The highest BCUT2D eigenvalue weighted by Gasteiger charge is 2.18. The summed E-state index contributed by atoms with van der Waals surface area (Å²) in [4.78, 5) is 0. The molecule has 0 radical (unpaired) electrons. The summed E-state index contributed by atoms with van der Waals surface area (Å²) in [6.07, 6.45) is 0. The van der Waals surface area contributed by atoms with Crippen LogP contribution in [0, 0.1) is 11.6 Å². The second-order valence-electron chi connectivity index (χ2n) is 7.25. The van der Waals surface area contributed by atoms with Gasteiger partial charge in [0.05, 0.1) is 21.3 Å². The molecule has 0 N–H and O–H groups in total. The van der Waals surface area contributed by atoms with Crippen molar-refractivity contribution in [2.24, 2.45) is 0 Å². The summed E-state index contributed by atoms with van der Waals surface area (Å²) in [6, 6.07) is 14.2. The average molecular weight is 501 g/mol. The Morgan fingerprint density at radius 1 is 0.886 bits per heavy atom. The first kappa shape index (κ1) is 24.3. The maximum absolute atomic E-state index is 13.8. The second kappa shape index (κ2) is 11.1. The molecular weight excluding hydrogens is 478 g/mol. The molecule has 0 atom stereocenters. The van der Waals surface area contributed by atoms with Crippen molar-refractivity contribution in [1.29, 1.82) is 0 Å². The number of hydrogen-bond acceptors (Lipinski definition) is 8. The molecule has 0 saturated carbocycles. The van der Waals surface area contributed by atoms with Crippen molar-refractivity contribution in [2.75, 3.05) is 21.3 Å². The van der Waals surface area contributed by atoms with Crippen LogP contribution in [0.5, 0.6) is 23.0 Å². The molecule has 0 amide bonds. The highest BCUT2D eigenvalue weighted by atomic mass is 32.2. The summed E-state index contributed by atoms with van der Waals surface area (Å²) in [5.41, 5.74) is 1.85. The van der Waals surface area contributed by atoms with E-state index in [2.05, 4.69) is 10.2 Å². The molecule has 0 aliphatic heterocycles. The van der Waals surface area contributed by atoms with Gasteiger partial charge >= 0.3 is 0 Å². The van der Waals surface area contributed by atoms with E-state index in [0.29, 0.717) is 45.4 Å². The zero-order chi connectivity index (χ0) is 24.8. The van der Waals surface area contributed by atoms with Gasteiger partial charge in [-0.2, -0.15) is 0 Å². The third kappa shape index (κ3) is 5.83. The van der Waals surface area contributed by atoms with Crippen LogP contribution in [0.15, 0.2) is 64.2 Å². The summed E-state index contributed by atoms with van der Waals surface area (Å²) in [5, 5.41) is 8.61. The van der Waals surface area contributed by atoms with E-state index < -0.39 is 11.6 Å². The number of rotatable bonds is 10. The molecule has 0 bridgehead atoms. The molecule has 0 fully saturated rings. The standard InChI is InChI=1S/C25H22F2N2O5S/c1-30-21-10-17(11-22(31-2)23(21)32-3)24-28-29-25(34-24)35-14-15-5-4-6-19(9-15)33-13-16-7-8-18(26)12-20(16)27/h4-12H,13-14H2,1-3H3. The third-order valence-electron chi connectivity index (χ3n) is 4.99. The summed E-state index contributed by atoms with van der Waals surface area (Å²) in [7, 11) is 4.59. The van der Waals surface area contributed by atoms with Crippen molar-refractivity contribution < 1.29 is 32.1 Å². The fourth-order valence-electron chi connectivity index (χ4n) is 3.26. The summed E-state index contributed by atoms with van der Waals surface area (Å²) in [5.74, 6) is 1.57. The molecule has 10 heteroatoms. The lowest BCUT2D eigenvalue weighted by Gasteiger charge is -2.12. The molecule has 182 valence electrons. The molecule has 1 heterocycles. The van der Waals surface area contributed by atoms with Crippen molar-refractivity contribution in [2.45, 2.75) is 17.6 Å². The maximum atomic E-state index is 13.8. The molecule has 1 aromatic heterocycles. The van der Waals surface area contributed by atoms with Crippen LogP contribution in [-0.2, 0) is 12.4 Å². The van der Waals surface area contributed by atoms with Crippen LogP contribution >= 0.6 is 11.8 Å². The molecular formula is C25H22F2N2O5S. The molecule has 4 rings (SSSR count). The SMILES string of the molecule is COc1cc(-c2nnc(SCc3cccc(OCc4ccc(F)cc4F)c3)o2)cc(OC)c1OC. The van der Waals surface area contributed by atoms with Gasteiger partial charge in [-0.05, 0) is 42.0 Å². The molecule has 0 spiro atoms. The number of benzene rings is 3. The highest BCUT2D eigenvalue weighted by Crippen LogP contribution is 2.41. The second-order valence-corrected chi connectivity index (χ2v) is 8.17. The van der Waals surface area contributed by atoms with Crippen LogP contribution in [0.4, 0.5) is 8.78 Å². The quantitative estimate of drug-likeness (QED) is 0.249. The first-order valence-corrected chi connectivity index (χ1v) is 11.4. The fraction of sp³-hybridized carbons (Fsp3) is 0.200. The maximum Gasteiger partial charge on any atom is 0.277 e. The Morgan fingerprint density at radius 3 is 2.34 bits per heavy atom. The van der Waals surface area contributed by atoms with E-state index in [0.717, 1.165) is 11.6 Å². The Labute approximate surface area is 205 Å². The lowest BCUT2D eigenvalue weighted by atomic mass is 10.2. The van der Waals surface area contributed by atoms with Crippen molar-refractivity contribution >= 4 is 11.8 Å². The number of hydrogen-bond donors (Lipinski definition) is 0. The summed E-state index contributed by atoms with van der Waals surface area (Å²) in [6.45, 7) is -0.00941. The van der Waals surface area contributed by atoms with Crippen molar-refractivity contribution in [3.8, 4) is 34.5 Å². The average Bonchev–Trinajstić information content (AvgIpc) is 3.35. The minimum absolute atomic E-state index is 0.00941. The van der Waals surface area contributed by atoms with Crippen molar-refractivity contribution in [3.05, 3.63) is 77.4 Å². The molecule has 4 aromatic rings. The molecule has 0 unspecified atom stereocenters. The monoisotopic (exact) mass is 500 g/mol. The van der Waals surface area contributed by atoms with Gasteiger partial charge < -0.3 is 23.4 Å². The van der Waals surface area contributed by atoms with E-state index in [1.54, 1.807) is 18.2 Å².